The van der Waals surface area contributed by atoms with Gasteiger partial charge in [0.1, 0.15) is 17.3 Å². The minimum absolute atomic E-state index is 0.393. The first-order valence-electron chi connectivity index (χ1n) is 11.4. The van der Waals surface area contributed by atoms with E-state index in [0.29, 0.717) is 12.5 Å². The molecule has 2 heterocycles. The summed E-state index contributed by atoms with van der Waals surface area (Å²) < 4.78 is 13.1. The topological polar surface area (TPSA) is 52.4 Å². The maximum absolute atomic E-state index is 6.13. The number of ether oxygens (including phenoxy) is 2. The van der Waals surface area contributed by atoms with E-state index in [9.17, 15) is 0 Å². The quantitative estimate of drug-likeness (QED) is 0.260. The number of benzene rings is 2. The molecular formula is C26H31ClN4O2S. The lowest BCUT2D eigenvalue weighted by molar-refractivity contribution is 0.199. The van der Waals surface area contributed by atoms with Crippen molar-refractivity contribution in [2.45, 2.75) is 42.8 Å². The molecule has 0 unspecified atom stereocenters. The fourth-order valence-corrected chi connectivity index (χ4v) is 5.46. The summed E-state index contributed by atoms with van der Waals surface area (Å²) in [6, 6.07) is 14.0. The molecule has 3 aromatic rings. The lowest BCUT2D eigenvalue weighted by Gasteiger charge is -2.31. The van der Waals surface area contributed by atoms with Crippen LogP contribution in [0.25, 0.3) is 0 Å². The van der Waals surface area contributed by atoms with Crippen molar-refractivity contribution in [3.05, 3.63) is 77.1 Å². The van der Waals surface area contributed by atoms with Gasteiger partial charge in [0.05, 0.1) is 14.2 Å². The number of methoxy groups -OCH3 is 2. The average molecular weight is 499 g/mol. The molecule has 0 radical (unpaired) electrons. The van der Waals surface area contributed by atoms with Crippen molar-refractivity contribution in [2.24, 2.45) is 0 Å². The predicted octanol–water partition coefficient (Wildman–Crippen LogP) is 5.81. The van der Waals surface area contributed by atoms with Crippen molar-refractivity contribution >= 4 is 23.4 Å². The molecule has 1 fully saturated rings. The first kappa shape index (κ1) is 24.6. The summed E-state index contributed by atoms with van der Waals surface area (Å²) in [4.78, 5) is 2.48. The lowest BCUT2D eigenvalue weighted by atomic mass is 9.95. The molecule has 0 spiro atoms. The maximum Gasteiger partial charge on any atom is 0.191 e. The zero-order valence-electron chi connectivity index (χ0n) is 19.7. The number of allylic oxidation sites excluding steroid dienone is 1. The second-order valence-corrected chi connectivity index (χ2v) is 9.81. The molecule has 2 aromatic carbocycles. The Hall–Kier alpha value is -2.48. The van der Waals surface area contributed by atoms with Crippen molar-refractivity contribution in [3.63, 3.8) is 0 Å². The fourth-order valence-electron chi connectivity index (χ4n) is 4.35. The third-order valence-corrected chi connectivity index (χ3v) is 7.36. The van der Waals surface area contributed by atoms with Gasteiger partial charge in [-0.1, -0.05) is 41.6 Å². The van der Waals surface area contributed by atoms with Crippen molar-refractivity contribution in [2.75, 3.05) is 27.3 Å². The van der Waals surface area contributed by atoms with Crippen molar-refractivity contribution in [3.8, 4) is 11.5 Å². The summed E-state index contributed by atoms with van der Waals surface area (Å²) >= 11 is 7.83. The summed E-state index contributed by atoms with van der Waals surface area (Å²) in [5, 5.41) is 10.8. The van der Waals surface area contributed by atoms with E-state index in [2.05, 4.69) is 44.4 Å². The molecule has 1 saturated heterocycles. The Labute approximate surface area is 210 Å². The Bertz CT molecular complexity index is 1090. The molecule has 1 aliphatic heterocycles. The SMILES string of the molecule is C=CCn1c(SCc2cccc(Cl)c2)nnc1C1CCN(Cc2cc(OC)cc(OC)c2)CC1. The Morgan fingerprint density at radius 2 is 1.79 bits per heavy atom. The molecule has 6 nitrogen and oxygen atoms in total. The summed E-state index contributed by atoms with van der Waals surface area (Å²) in [6.45, 7) is 7.56. The second-order valence-electron chi connectivity index (χ2n) is 8.43. The van der Waals surface area contributed by atoms with Crippen molar-refractivity contribution in [1.82, 2.24) is 19.7 Å². The first-order valence-corrected chi connectivity index (χ1v) is 12.8. The van der Waals surface area contributed by atoms with Crippen molar-refractivity contribution < 1.29 is 9.47 Å². The van der Waals surface area contributed by atoms with Gasteiger partial charge >= 0.3 is 0 Å². The lowest BCUT2D eigenvalue weighted by Crippen LogP contribution is -2.33. The van der Waals surface area contributed by atoms with Crippen LogP contribution in [0.15, 0.2) is 60.3 Å². The number of thioether (sulfide) groups is 1. The molecular weight excluding hydrogens is 468 g/mol. The Morgan fingerprint density at radius 3 is 2.44 bits per heavy atom. The smallest absolute Gasteiger partial charge is 0.191 e. The van der Waals surface area contributed by atoms with E-state index in [1.54, 1.807) is 26.0 Å². The third kappa shape index (κ3) is 6.14. The largest absolute Gasteiger partial charge is 0.497 e. The number of likely N-dealkylation sites (tertiary alicyclic amines) is 1. The summed E-state index contributed by atoms with van der Waals surface area (Å²) in [5.74, 6) is 3.91. The van der Waals surface area contributed by atoms with Gasteiger partial charge in [-0.3, -0.25) is 4.90 Å². The molecule has 180 valence electrons. The average Bonchev–Trinajstić information content (AvgIpc) is 3.25. The summed E-state index contributed by atoms with van der Waals surface area (Å²) in [7, 11) is 3.37. The molecule has 34 heavy (non-hydrogen) atoms. The molecule has 1 aliphatic rings. The van der Waals surface area contributed by atoms with Gasteiger partial charge in [-0.05, 0) is 61.3 Å². The van der Waals surface area contributed by atoms with Crippen LogP contribution in [0.5, 0.6) is 11.5 Å². The van der Waals surface area contributed by atoms with Crippen LogP contribution < -0.4 is 9.47 Å². The maximum atomic E-state index is 6.13. The van der Waals surface area contributed by atoms with E-state index >= 15 is 0 Å². The van der Waals surface area contributed by atoms with Crippen LogP contribution in [0.4, 0.5) is 0 Å². The number of rotatable bonds is 10. The van der Waals surface area contributed by atoms with E-state index in [4.69, 9.17) is 21.1 Å². The first-order chi connectivity index (χ1) is 16.6. The molecule has 0 N–H and O–H groups in total. The minimum Gasteiger partial charge on any atom is -0.497 e. The Kier molecular flexibility index (Phi) is 8.53. The van der Waals surface area contributed by atoms with Crippen LogP contribution in [-0.2, 0) is 18.8 Å². The van der Waals surface area contributed by atoms with Crippen LogP contribution in [0.3, 0.4) is 0 Å². The van der Waals surface area contributed by atoms with Gasteiger partial charge in [0.25, 0.3) is 0 Å². The van der Waals surface area contributed by atoms with E-state index in [1.165, 1.54) is 11.1 Å². The molecule has 0 saturated carbocycles. The Morgan fingerprint density at radius 1 is 1.06 bits per heavy atom. The Balaban J connectivity index is 1.39. The molecule has 1 aromatic heterocycles. The molecule has 8 heteroatoms. The highest BCUT2D eigenvalue weighted by Crippen LogP contribution is 2.32. The zero-order chi connectivity index (χ0) is 23.9. The molecule has 0 aliphatic carbocycles. The second kappa shape index (κ2) is 11.8. The normalized spacial score (nSPS) is 14.8. The summed E-state index contributed by atoms with van der Waals surface area (Å²) in [6.07, 6.45) is 4.02. The molecule has 0 bridgehead atoms. The third-order valence-electron chi connectivity index (χ3n) is 6.08. The fraction of sp³-hybridized carbons (Fsp3) is 0.385. The van der Waals surface area contributed by atoms with Crippen molar-refractivity contribution in [1.29, 1.82) is 0 Å². The van der Waals surface area contributed by atoms with Gasteiger partial charge in [-0.25, -0.2) is 0 Å². The highest BCUT2D eigenvalue weighted by molar-refractivity contribution is 7.98. The van der Waals surface area contributed by atoms with Gasteiger partial charge in [0.15, 0.2) is 5.16 Å². The number of hydrogen-bond donors (Lipinski definition) is 0. The van der Waals surface area contributed by atoms with Crippen LogP contribution in [0.2, 0.25) is 5.02 Å². The van der Waals surface area contributed by atoms with E-state index in [1.807, 2.05) is 30.3 Å². The van der Waals surface area contributed by atoms with Crippen LogP contribution >= 0.6 is 23.4 Å². The van der Waals surface area contributed by atoms with Gasteiger partial charge < -0.3 is 14.0 Å². The predicted molar refractivity (Wildman–Crippen MR) is 138 cm³/mol. The highest BCUT2D eigenvalue weighted by atomic mass is 35.5. The number of hydrogen-bond acceptors (Lipinski definition) is 6. The van der Waals surface area contributed by atoms with Gasteiger partial charge in [0.2, 0.25) is 0 Å². The standard InChI is InChI=1S/C26H31ClN4O2S/c1-4-10-31-25(28-29-26(31)34-18-19-6-5-7-22(27)13-19)21-8-11-30(12-9-21)17-20-14-23(32-2)16-24(15-20)33-3/h4-7,13-16,21H,1,8-12,17-18H2,2-3H3. The highest BCUT2D eigenvalue weighted by Gasteiger charge is 2.26. The van der Waals surface area contributed by atoms with Crippen LogP contribution in [0.1, 0.15) is 35.7 Å². The number of aromatic nitrogens is 3. The van der Waals surface area contributed by atoms with Crippen LogP contribution in [-0.4, -0.2) is 47.0 Å². The van der Waals surface area contributed by atoms with Gasteiger partial charge in [-0.2, -0.15) is 0 Å². The van der Waals surface area contributed by atoms with Gasteiger partial charge in [0, 0.05) is 35.8 Å². The summed E-state index contributed by atoms with van der Waals surface area (Å²) in [5.41, 5.74) is 2.37. The monoisotopic (exact) mass is 498 g/mol. The molecule has 0 atom stereocenters. The zero-order valence-corrected chi connectivity index (χ0v) is 21.3. The van der Waals surface area contributed by atoms with E-state index < -0.39 is 0 Å². The van der Waals surface area contributed by atoms with Gasteiger partial charge in [-0.15, -0.1) is 16.8 Å². The number of piperidine rings is 1. The minimum atomic E-state index is 0.393. The number of nitrogens with zero attached hydrogens (tertiary/aromatic N) is 4. The number of halogens is 1. The van der Waals surface area contributed by atoms with E-state index in [-0.39, 0.29) is 0 Å². The molecule has 4 rings (SSSR count). The molecule has 0 amide bonds. The van der Waals surface area contributed by atoms with E-state index in [0.717, 1.165) is 65.7 Å². The van der Waals surface area contributed by atoms with Crippen LogP contribution in [0, 0.1) is 0 Å².